The SMILES string of the molecule is Cc1c(NC(=O)COC(=O)c2cc(S(=O)(=O)N(C)C)ccc2Cl)cccc1[N+](=O)[O-]. The Labute approximate surface area is 177 Å². The third-order valence-electron chi connectivity index (χ3n) is 4.05. The van der Waals surface area contributed by atoms with Crippen LogP contribution in [0.15, 0.2) is 41.3 Å². The molecule has 0 unspecified atom stereocenters. The van der Waals surface area contributed by atoms with E-state index >= 15 is 0 Å². The highest BCUT2D eigenvalue weighted by Gasteiger charge is 2.22. The average Bonchev–Trinajstić information content (AvgIpc) is 2.67. The second-order valence-electron chi connectivity index (χ2n) is 6.26. The third-order valence-corrected chi connectivity index (χ3v) is 6.19. The van der Waals surface area contributed by atoms with E-state index in [1.807, 2.05) is 0 Å². The van der Waals surface area contributed by atoms with Gasteiger partial charge in [0.05, 0.1) is 31.7 Å². The average molecular weight is 456 g/mol. The maximum atomic E-state index is 12.3. The number of carbonyl (C=O) groups excluding carboxylic acids is 2. The van der Waals surface area contributed by atoms with Crippen LogP contribution in [0.2, 0.25) is 5.02 Å². The predicted octanol–water partition coefficient (Wildman–Crippen LogP) is 2.60. The largest absolute Gasteiger partial charge is 0.452 e. The molecule has 2 aromatic carbocycles. The van der Waals surface area contributed by atoms with Crippen molar-refractivity contribution in [3.8, 4) is 0 Å². The smallest absolute Gasteiger partial charge is 0.340 e. The zero-order valence-corrected chi connectivity index (χ0v) is 17.8. The Kier molecular flexibility index (Phi) is 7.13. The molecular weight excluding hydrogens is 438 g/mol. The molecule has 160 valence electrons. The van der Waals surface area contributed by atoms with Crippen LogP contribution >= 0.6 is 11.6 Å². The number of ether oxygens (including phenoxy) is 1. The highest BCUT2D eigenvalue weighted by molar-refractivity contribution is 7.89. The van der Waals surface area contributed by atoms with Crippen molar-refractivity contribution in [2.24, 2.45) is 0 Å². The first-order valence-corrected chi connectivity index (χ1v) is 10.2. The molecule has 0 aliphatic rings. The summed E-state index contributed by atoms with van der Waals surface area (Å²) in [5.41, 5.74) is 0.0450. The van der Waals surface area contributed by atoms with Gasteiger partial charge in [-0.05, 0) is 31.2 Å². The number of carbonyl (C=O) groups is 2. The Morgan fingerprint density at radius 2 is 1.90 bits per heavy atom. The summed E-state index contributed by atoms with van der Waals surface area (Å²) in [5, 5.41) is 13.3. The molecule has 0 heterocycles. The number of rotatable bonds is 7. The van der Waals surface area contributed by atoms with Gasteiger partial charge in [0.1, 0.15) is 0 Å². The lowest BCUT2D eigenvalue weighted by Gasteiger charge is -2.13. The number of nitrogens with zero attached hydrogens (tertiary/aromatic N) is 2. The van der Waals surface area contributed by atoms with E-state index in [-0.39, 0.29) is 32.4 Å². The van der Waals surface area contributed by atoms with Crippen molar-refractivity contribution in [2.45, 2.75) is 11.8 Å². The molecule has 0 radical (unpaired) electrons. The van der Waals surface area contributed by atoms with E-state index in [9.17, 15) is 28.1 Å². The van der Waals surface area contributed by atoms with Crippen molar-refractivity contribution in [3.63, 3.8) is 0 Å². The summed E-state index contributed by atoms with van der Waals surface area (Å²) in [7, 11) is -1.13. The van der Waals surface area contributed by atoms with Crippen LogP contribution in [0.1, 0.15) is 15.9 Å². The van der Waals surface area contributed by atoms with Crippen LogP contribution in [0, 0.1) is 17.0 Å². The Balaban J connectivity index is 2.12. The van der Waals surface area contributed by atoms with E-state index < -0.39 is 33.4 Å². The van der Waals surface area contributed by atoms with Gasteiger partial charge in [-0.15, -0.1) is 0 Å². The summed E-state index contributed by atoms with van der Waals surface area (Å²) in [5.74, 6) is -1.73. The van der Waals surface area contributed by atoms with Crippen LogP contribution < -0.4 is 5.32 Å². The van der Waals surface area contributed by atoms with Crippen LogP contribution in [-0.2, 0) is 19.6 Å². The molecule has 0 aromatic heterocycles. The number of hydrogen-bond donors (Lipinski definition) is 1. The normalized spacial score (nSPS) is 11.2. The van der Waals surface area contributed by atoms with E-state index in [1.165, 1.54) is 51.4 Å². The lowest BCUT2D eigenvalue weighted by Crippen LogP contribution is -2.23. The molecule has 0 atom stereocenters. The van der Waals surface area contributed by atoms with Gasteiger partial charge in [-0.2, -0.15) is 0 Å². The molecule has 30 heavy (non-hydrogen) atoms. The zero-order valence-electron chi connectivity index (χ0n) is 16.2. The van der Waals surface area contributed by atoms with Gasteiger partial charge in [0, 0.05) is 20.2 Å². The predicted molar refractivity (Wildman–Crippen MR) is 109 cm³/mol. The van der Waals surface area contributed by atoms with Gasteiger partial charge in [0.2, 0.25) is 10.0 Å². The van der Waals surface area contributed by atoms with Crippen LogP contribution in [0.4, 0.5) is 11.4 Å². The molecule has 0 saturated carbocycles. The molecular formula is C18H18ClN3O7S. The molecule has 12 heteroatoms. The fraction of sp³-hybridized carbons (Fsp3) is 0.222. The number of nitrogens with one attached hydrogen (secondary N) is 1. The summed E-state index contributed by atoms with van der Waals surface area (Å²) in [4.78, 5) is 34.6. The first-order valence-electron chi connectivity index (χ1n) is 8.38. The number of hydrogen-bond acceptors (Lipinski definition) is 7. The highest BCUT2D eigenvalue weighted by Crippen LogP contribution is 2.25. The summed E-state index contributed by atoms with van der Waals surface area (Å²) in [6, 6.07) is 7.70. The Morgan fingerprint density at radius 1 is 1.23 bits per heavy atom. The van der Waals surface area contributed by atoms with E-state index in [0.717, 1.165) is 10.4 Å². The summed E-state index contributed by atoms with van der Waals surface area (Å²) in [6.07, 6.45) is 0. The molecule has 0 saturated heterocycles. The molecule has 0 aliphatic heterocycles. The van der Waals surface area contributed by atoms with Crippen molar-refractivity contribution in [3.05, 3.63) is 62.7 Å². The first-order chi connectivity index (χ1) is 13.9. The lowest BCUT2D eigenvalue weighted by molar-refractivity contribution is -0.385. The Morgan fingerprint density at radius 3 is 2.50 bits per heavy atom. The molecule has 1 amide bonds. The first kappa shape index (κ1) is 23.3. The maximum absolute atomic E-state index is 12.3. The fourth-order valence-electron chi connectivity index (χ4n) is 2.38. The standard InChI is InChI=1S/C18H18ClN3O7S/c1-11-15(5-4-6-16(11)22(25)26)20-17(23)10-29-18(24)13-9-12(7-8-14(13)19)30(27,28)21(2)3/h4-9H,10H2,1-3H3,(H,20,23). The van der Waals surface area contributed by atoms with Crippen LogP contribution in [0.5, 0.6) is 0 Å². The zero-order chi connectivity index (χ0) is 22.6. The topological polar surface area (TPSA) is 136 Å². The summed E-state index contributed by atoms with van der Waals surface area (Å²) in [6.45, 7) is 0.762. The number of anilines is 1. The molecule has 0 aliphatic carbocycles. The monoisotopic (exact) mass is 455 g/mol. The van der Waals surface area contributed by atoms with E-state index in [1.54, 1.807) is 0 Å². The third kappa shape index (κ3) is 5.12. The minimum Gasteiger partial charge on any atom is -0.452 e. The number of benzene rings is 2. The molecule has 0 spiro atoms. The molecule has 0 bridgehead atoms. The molecule has 0 fully saturated rings. The number of esters is 1. The van der Waals surface area contributed by atoms with Gasteiger partial charge in [-0.3, -0.25) is 14.9 Å². The van der Waals surface area contributed by atoms with Gasteiger partial charge >= 0.3 is 5.97 Å². The van der Waals surface area contributed by atoms with Crippen LogP contribution in [-0.4, -0.2) is 50.2 Å². The maximum Gasteiger partial charge on any atom is 0.340 e. The summed E-state index contributed by atoms with van der Waals surface area (Å²) >= 11 is 5.96. The minimum absolute atomic E-state index is 0.0485. The quantitative estimate of drug-likeness (QED) is 0.385. The number of amides is 1. The van der Waals surface area contributed by atoms with Crippen molar-refractivity contribution >= 4 is 44.9 Å². The van der Waals surface area contributed by atoms with Crippen molar-refractivity contribution in [1.82, 2.24) is 4.31 Å². The van der Waals surface area contributed by atoms with Gasteiger partial charge in [-0.25, -0.2) is 17.5 Å². The molecule has 1 N–H and O–H groups in total. The van der Waals surface area contributed by atoms with Crippen LogP contribution in [0.3, 0.4) is 0 Å². The van der Waals surface area contributed by atoms with E-state index in [0.29, 0.717) is 0 Å². The lowest BCUT2D eigenvalue weighted by atomic mass is 10.1. The number of nitro benzene ring substituents is 1. The second kappa shape index (κ2) is 9.20. The van der Waals surface area contributed by atoms with E-state index in [2.05, 4.69) is 5.32 Å². The highest BCUT2D eigenvalue weighted by atomic mass is 35.5. The van der Waals surface area contributed by atoms with Crippen LogP contribution in [0.25, 0.3) is 0 Å². The van der Waals surface area contributed by atoms with Gasteiger partial charge < -0.3 is 10.1 Å². The van der Waals surface area contributed by atoms with Crippen molar-refractivity contribution in [1.29, 1.82) is 0 Å². The Bertz CT molecular complexity index is 1120. The number of halogens is 1. The Hall–Kier alpha value is -3.02. The van der Waals surface area contributed by atoms with E-state index in [4.69, 9.17) is 16.3 Å². The van der Waals surface area contributed by atoms with Crippen molar-refractivity contribution < 1.29 is 27.7 Å². The van der Waals surface area contributed by atoms with Gasteiger partial charge in [0.15, 0.2) is 6.61 Å². The molecule has 2 rings (SSSR count). The van der Waals surface area contributed by atoms with Gasteiger partial charge in [0.25, 0.3) is 11.6 Å². The number of sulfonamides is 1. The van der Waals surface area contributed by atoms with Gasteiger partial charge in [-0.1, -0.05) is 17.7 Å². The fourth-order valence-corrected chi connectivity index (χ4v) is 3.51. The summed E-state index contributed by atoms with van der Waals surface area (Å²) < 4.78 is 30.3. The molecule has 2 aromatic rings. The molecule has 10 nitrogen and oxygen atoms in total. The van der Waals surface area contributed by atoms with Crippen molar-refractivity contribution in [2.75, 3.05) is 26.0 Å². The second-order valence-corrected chi connectivity index (χ2v) is 8.82. The number of nitro groups is 1. The minimum atomic E-state index is -3.80.